The van der Waals surface area contributed by atoms with Crippen molar-refractivity contribution in [3.63, 3.8) is 0 Å². The number of nitrogens with one attached hydrogen (secondary N) is 2. The summed E-state index contributed by atoms with van der Waals surface area (Å²) in [5, 5.41) is 8.63. The first-order valence-electron chi connectivity index (χ1n) is 4.07. The van der Waals surface area contributed by atoms with Crippen molar-refractivity contribution in [2.24, 2.45) is 16.1 Å². The van der Waals surface area contributed by atoms with Gasteiger partial charge in [0.2, 0.25) is 0 Å². The van der Waals surface area contributed by atoms with E-state index in [1.54, 1.807) is 0 Å². The first-order chi connectivity index (χ1) is 6.74. The van der Waals surface area contributed by atoms with E-state index in [1.165, 1.54) is 11.3 Å². The molecule has 0 fully saturated rings. The predicted octanol–water partition coefficient (Wildman–Crippen LogP) is 2.38. The van der Waals surface area contributed by atoms with E-state index < -0.39 is 0 Å². The van der Waals surface area contributed by atoms with Crippen molar-refractivity contribution in [3.05, 3.63) is 29.8 Å². The number of hydrazone groups is 1. The number of hydrogen-bond donors (Lipinski definition) is 3. The zero-order chi connectivity index (χ0) is 10.8. The number of halogens is 1. The normalized spacial score (nSPS) is 8.40. The molecule has 84 valence electrons. The Labute approximate surface area is 95.7 Å². The minimum Gasteiger partial charge on any atom is -0.388 e. The Morgan fingerprint density at radius 1 is 1.47 bits per heavy atom. The maximum absolute atomic E-state index is 6.00. The number of benzene rings is 1. The molecule has 0 saturated heterocycles. The highest BCUT2D eigenvalue weighted by molar-refractivity contribution is 5.85. The molecule has 0 atom stereocenters. The lowest BCUT2D eigenvalue weighted by Gasteiger charge is -1.98. The molecule has 0 radical (unpaired) electrons. The number of rotatable bonds is 2. The second kappa shape index (κ2) is 10.5. The fourth-order valence-corrected chi connectivity index (χ4v) is 0.834. The average Bonchev–Trinajstić information content (AvgIpc) is 2.20. The Hall–Kier alpha value is -1.62. The average molecular weight is 230 g/mol. The molecule has 0 aliphatic carbocycles. The Kier molecular flexibility index (Phi) is 11.0. The Bertz CT molecular complexity index is 300. The Morgan fingerprint density at radius 3 is 2.40 bits per heavy atom. The van der Waals surface area contributed by atoms with Gasteiger partial charge in [-0.05, 0) is 24.6 Å². The van der Waals surface area contributed by atoms with Gasteiger partial charge in [-0.25, -0.2) is 5.53 Å². The summed E-state index contributed by atoms with van der Waals surface area (Å²) in [7, 11) is 1.93. The standard InChI is InChI=1S/C8H11N.CH4N4.ClH/c1-7-4-3-5-8(6-7)9-2;2-4-1-5-3;/h3-6,9H,1-2H3;1-2H,3H2;1H. The van der Waals surface area contributed by atoms with E-state index >= 15 is 0 Å². The van der Waals surface area contributed by atoms with Crippen LogP contribution in [0.5, 0.6) is 0 Å². The number of aryl methyl sites for hydroxylation is 1. The molecular weight excluding hydrogens is 214 g/mol. The molecule has 0 aliphatic heterocycles. The van der Waals surface area contributed by atoms with E-state index in [9.17, 15) is 0 Å². The zero-order valence-corrected chi connectivity index (χ0v) is 9.58. The topological polar surface area (TPSA) is 86.6 Å². The van der Waals surface area contributed by atoms with E-state index in [1.807, 2.05) is 19.2 Å². The van der Waals surface area contributed by atoms with Crippen LogP contribution in [0.2, 0.25) is 0 Å². The van der Waals surface area contributed by atoms with E-state index in [-0.39, 0.29) is 12.4 Å². The molecule has 6 heteroatoms. The molecule has 4 N–H and O–H groups in total. The van der Waals surface area contributed by atoms with E-state index in [4.69, 9.17) is 5.53 Å². The quantitative estimate of drug-likeness (QED) is 0.239. The summed E-state index contributed by atoms with van der Waals surface area (Å²) in [5.74, 6) is 4.49. The largest absolute Gasteiger partial charge is 0.388 e. The molecular formula is C9H16ClN5. The molecule has 0 spiro atoms. The fourth-order valence-electron chi connectivity index (χ4n) is 0.834. The third-order valence-electron chi connectivity index (χ3n) is 1.43. The smallest absolute Gasteiger partial charge is 0.156 e. The molecule has 5 nitrogen and oxygen atoms in total. The number of nitrogens with zero attached hydrogens (tertiary/aromatic N) is 2. The van der Waals surface area contributed by atoms with E-state index in [0.717, 1.165) is 6.34 Å². The maximum Gasteiger partial charge on any atom is 0.156 e. The van der Waals surface area contributed by atoms with Crippen molar-refractivity contribution in [2.75, 3.05) is 12.4 Å². The molecule has 1 aromatic carbocycles. The third kappa shape index (κ3) is 8.70. The first kappa shape index (κ1) is 15.8. The molecule has 0 aliphatic rings. The molecule has 0 amide bonds. The summed E-state index contributed by atoms with van der Waals surface area (Å²) in [5.41, 5.74) is 8.47. The summed E-state index contributed by atoms with van der Waals surface area (Å²) in [4.78, 5) is 0. The number of anilines is 1. The molecule has 0 bridgehead atoms. The van der Waals surface area contributed by atoms with Crippen LogP contribution in [0.4, 0.5) is 5.69 Å². The summed E-state index contributed by atoms with van der Waals surface area (Å²) in [6.45, 7) is 2.08. The summed E-state index contributed by atoms with van der Waals surface area (Å²) >= 11 is 0. The van der Waals surface area contributed by atoms with Crippen molar-refractivity contribution < 1.29 is 0 Å². The van der Waals surface area contributed by atoms with Crippen LogP contribution in [0.25, 0.3) is 0 Å². The number of nitrogens with two attached hydrogens (primary N) is 1. The van der Waals surface area contributed by atoms with Crippen molar-refractivity contribution in [1.82, 2.24) is 0 Å². The lowest BCUT2D eigenvalue weighted by Crippen LogP contribution is -1.86. The fraction of sp³-hybridized carbons (Fsp3) is 0.222. The van der Waals surface area contributed by atoms with Crippen molar-refractivity contribution in [3.8, 4) is 0 Å². The van der Waals surface area contributed by atoms with Crippen molar-refractivity contribution >= 4 is 24.4 Å². The first-order valence-corrected chi connectivity index (χ1v) is 4.07. The molecule has 15 heavy (non-hydrogen) atoms. The third-order valence-corrected chi connectivity index (χ3v) is 1.43. The van der Waals surface area contributed by atoms with Gasteiger partial charge in [0.1, 0.15) is 0 Å². The second-order valence-electron chi connectivity index (χ2n) is 2.51. The van der Waals surface area contributed by atoms with Gasteiger partial charge >= 0.3 is 0 Å². The van der Waals surface area contributed by atoms with Gasteiger partial charge in [0.05, 0.1) is 0 Å². The molecule has 0 aromatic heterocycles. The summed E-state index contributed by atoms with van der Waals surface area (Å²) in [6, 6.07) is 8.29. The maximum atomic E-state index is 6.00. The summed E-state index contributed by atoms with van der Waals surface area (Å²) < 4.78 is 0. The van der Waals surface area contributed by atoms with Crippen LogP contribution in [-0.4, -0.2) is 13.4 Å². The van der Waals surface area contributed by atoms with E-state index in [0.29, 0.717) is 0 Å². The SMILES string of the molecule is CNc1cccc(C)c1.Cl.N=NC=NN. The molecule has 1 aromatic rings. The van der Waals surface area contributed by atoms with Gasteiger partial charge < -0.3 is 11.2 Å². The van der Waals surface area contributed by atoms with Gasteiger partial charge in [0.15, 0.2) is 6.34 Å². The van der Waals surface area contributed by atoms with Crippen molar-refractivity contribution in [2.45, 2.75) is 6.92 Å². The molecule has 1 rings (SSSR count). The van der Waals surface area contributed by atoms with Crippen LogP contribution in [0.1, 0.15) is 5.56 Å². The summed E-state index contributed by atoms with van der Waals surface area (Å²) in [6.07, 6.45) is 0.944. The molecule has 0 saturated carbocycles. The highest BCUT2D eigenvalue weighted by Gasteiger charge is 1.84. The van der Waals surface area contributed by atoms with Crippen LogP contribution in [0.15, 0.2) is 34.5 Å². The van der Waals surface area contributed by atoms with Crippen LogP contribution in [0.3, 0.4) is 0 Å². The van der Waals surface area contributed by atoms with E-state index in [2.05, 4.69) is 40.4 Å². The lowest BCUT2D eigenvalue weighted by molar-refractivity contribution is 1.17. The highest BCUT2D eigenvalue weighted by atomic mass is 35.5. The van der Waals surface area contributed by atoms with Crippen LogP contribution in [0, 0.1) is 12.5 Å². The second-order valence-corrected chi connectivity index (χ2v) is 2.51. The van der Waals surface area contributed by atoms with Gasteiger partial charge in [-0.1, -0.05) is 12.1 Å². The van der Waals surface area contributed by atoms with Gasteiger partial charge in [-0.2, -0.15) is 5.10 Å². The van der Waals surface area contributed by atoms with Crippen LogP contribution >= 0.6 is 12.4 Å². The van der Waals surface area contributed by atoms with Crippen LogP contribution in [-0.2, 0) is 0 Å². The molecule has 0 unspecified atom stereocenters. The minimum absolute atomic E-state index is 0. The number of hydrogen-bond acceptors (Lipinski definition) is 4. The minimum atomic E-state index is 0. The Morgan fingerprint density at radius 2 is 2.13 bits per heavy atom. The lowest BCUT2D eigenvalue weighted by atomic mass is 10.2. The van der Waals surface area contributed by atoms with Gasteiger partial charge in [-0.3, -0.25) is 0 Å². The Balaban J connectivity index is 0. The van der Waals surface area contributed by atoms with Gasteiger partial charge in [0.25, 0.3) is 0 Å². The predicted molar refractivity (Wildman–Crippen MR) is 65.8 cm³/mol. The highest BCUT2D eigenvalue weighted by Crippen LogP contribution is 2.07. The van der Waals surface area contributed by atoms with Gasteiger partial charge in [-0.15, -0.1) is 17.5 Å². The molecule has 0 heterocycles. The van der Waals surface area contributed by atoms with Crippen molar-refractivity contribution in [1.29, 1.82) is 5.53 Å². The van der Waals surface area contributed by atoms with Gasteiger partial charge in [0, 0.05) is 12.7 Å². The van der Waals surface area contributed by atoms with Crippen LogP contribution < -0.4 is 11.2 Å². The zero-order valence-electron chi connectivity index (χ0n) is 8.77. The monoisotopic (exact) mass is 229 g/mol.